The van der Waals surface area contributed by atoms with Crippen LogP contribution in [0.25, 0.3) is 0 Å². The van der Waals surface area contributed by atoms with Crippen molar-refractivity contribution >= 4 is 29.4 Å². The van der Waals surface area contributed by atoms with Gasteiger partial charge in [0.05, 0.1) is 26.3 Å². The zero-order valence-corrected chi connectivity index (χ0v) is 14.4. The monoisotopic (exact) mass is 359 g/mol. The number of rotatable bonds is 3. The first-order chi connectivity index (χ1) is 12.3. The number of ether oxygens (including phenoxy) is 2. The Morgan fingerprint density at radius 1 is 1.23 bits per heavy atom. The van der Waals surface area contributed by atoms with Gasteiger partial charge >= 0.3 is 5.97 Å². The van der Waals surface area contributed by atoms with E-state index in [4.69, 9.17) is 4.74 Å². The normalized spacial score (nSPS) is 21.7. The Labute approximate surface area is 149 Å². The lowest BCUT2D eigenvalue weighted by Gasteiger charge is -2.30. The molecule has 1 aromatic rings. The third-order valence-corrected chi connectivity index (χ3v) is 4.29. The number of imide groups is 1. The summed E-state index contributed by atoms with van der Waals surface area (Å²) in [6.07, 6.45) is 0.969. The van der Waals surface area contributed by atoms with E-state index in [0.717, 1.165) is 9.91 Å². The summed E-state index contributed by atoms with van der Waals surface area (Å²) < 4.78 is 9.76. The maximum absolute atomic E-state index is 13.1. The summed E-state index contributed by atoms with van der Waals surface area (Å²) in [6.45, 7) is 1.23. The molecule has 2 heterocycles. The predicted octanol–water partition coefficient (Wildman–Crippen LogP) is 0.121. The number of nitrogens with zero attached hydrogens (tertiary/aromatic N) is 2. The average Bonchev–Trinajstić information content (AvgIpc) is 3.13. The molecule has 9 heteroatoms. The van der Waals surface area contributed by atoms with Crippen molar-refractivity contribution in [2.24, 2.45) is 0 Å². The van der Waals surface area contributed by atoms with Crippen molar-refractivity contribution in [2.75, 3.05) is 19.1 Å². The Balaban J connectivity index is 2.06. The fourth-order valence-corrected chi connectivity index (χ4v) is 3.12. The standard InChI is InChI=1S/C17H17N3O6/c1-10(21)20-17(8-13(18-20)15(23)26-3)9-14(22)19(16(17)24)11-5-4-6-12(7-11)25-2/h4-8,18H,9H2,1-3H3/t17-/m1/s1. The van der Waals surface area contributed by atoms with Gasteiger partial charge in [0.15, 0.2) is 5.54 Å². The van der Waals surface area contributed by atoms with E-state index in [-0.39, 0.29) is 12.1 Å². The first kappa shape index (κ1) is 17.5. The maximum Gasteiger partial charge on any atom is 0.355 e. The molecule has 0 aliphatic carbocycles. The molecule has 26 heavy (non-hydrogen) atoms. The first-order valence-electron chi connectivity index (χ1n) is 7.74. The van der Waals surface area contributed by atoms with Gasteiger partial charge in [-0.25, -0.2) is 14.7 Å². The Morgan fingerprint density at radius 3 is 2.58 bits per heavy atom. The summed E-state index contributed by atoms with van der Waals surface area (Å²) in [5.41, 5.74) is 1.20. The Kier molecular flexibility index (Phi) is 4.15. The molecule has 3 amide bonds. The molecule has 0 saturated carbocycles. The summed E-state index contributed by atoms with van der Waals surface area (Å²) in [5.74, 6) is -1.93. The number of esters is 1. The number of amides is 3. The molecule has 1 fully saturated rings. The van der Waals surface area contributed by atoms with E-state index in [0.29, 0.717) is 11.4 Å². The van der Waals surface area contributed by atoms with Crippen LogP contribution in [0.1, 0.15) is 13.3 Å². The third kappa shape index (κ3) is 2.48. The first-order valence-corrected chi connectivity index (χ1v) is 7.74. The van der Waals surface area contributed by atoms with E-state index in [1.54, 1.807) is 24.3 Å². The molecule has 1 aromatic carbocycles. The van der Waals surface area contributed by atoms with Gasteiger partial charge in [0.2, 0.25) is 11.8 Å². The smallest absolute Gasteiger partial charge is 0.355 e. The Bertz CT molecular complexity index is 849. The molecular weight excluding hydrogens is 342 g/mol. The van der Waals surface area contributed by atoms with Gasteiger partial charge in [-0.05, 0) is 18.2 Å². The van der Waals surface area contributed by atoms with E-state index in [2.05, 4.69) is 10.2 Å². The topological polar surface area (TPSA) is 105 Å². The molecule has 0 radical (unpaired) electrons. The summed E-state index contributed by atoms with van der Waals surface area (Å²) in [5, 5.41) is 0.986. The molecule has 3 rings (SSSR count). The van der Waals surface area contributed by atoms with Crippen LogP contribution in [-0.4, -0.2) is 48.5 Å². The van der Waals surface area contributed by atoms with Gasteiger partial charge in [-0.15, -0.1) is 0 Å². The van der Waals surface area contributed by atoms with Gasteiger partial charge < -0.3 is 9.47 Å². The highest BCUT2D eigenvalue weighted by atomic mass is 16.5. The molecular formula is C17H17N3O6. The number of hydrogen-bond acceptors (Lipinski definition) is 7. The molecule has 136 valence electrons. The second-order valence-electron chi connectivity index (χ2n) is 5.85. The molecule has 1 saturated heterocycles. The van der Waals surface area contributed by atoms with Crippen molar-refractivity contribution in [3.8, 4) is 5.75 Å². The SMILES string of the molecule is COC(=O)C1=C[C@]2(CC(=O)N(c3cccc(OC)c3)C2=O)N(C(C)=O)N1. The highest BCUT2D eigenvalue weighted by Gasteiger charge is 2.59. The lowest BCUT2D eigenvalue weighted by Crippen LogP contribution is -2.56. The highest BCUT2D eigenvalue weighted by molar-refractivity contribution is 6.26. The number of carbonyl (C=O) groups excluding carboxylic acids is 4. The minimum absolute atomic E-state index is 0.0728. The summed E-state index contributed by atoms with van der Waals surface area (Å²) in [6, 6.07) is 6.45. The third-order valence-electron chi connectivity index (χ3n) is 4.29. The van der Waals surface area contributed by atoms with Crippen molar-refractivity contribution in [1.29, 1.82) is 0 Å². The number of anilines is 1. The zero-order chi connectivity index (χ0) is 19.1. The van der Waals surface area contributed by atoms with Crippen molar-refractivity contribution in [1.82, 2.24) is 10.4 Å². The van der Waals surface area contributed by atoms with Gasteiger partial charge in [0.25, 0.3) is 5.91 Å². The molecule has 2 aliphatic heterocycles. The molecule has 2 aliphatic rings. The van der Waals surface area contributed by atoms with Crippen LogP contribution in [0.5, 0.6) is 5.75 Å². The second kappa shape index (κ2) is 6.17. The van der Waals surface area contributed by atoms with E-state index < -0.39 is 29.2 Å². The minimum atomic E-state index is -1.62. The number of hydrazine groups is 1. The largest absolute Gasteiger partial charge is 0.497 e. The van der Waals surface area contributed by atoms with Crippen LogP contribution in [0.3, 0.4) is 0 Å². The zero-order valence-electron chi connectivity index (χ0n) is 14.4. The van der Waals surface area contributed by atoms with E-state index in [1.807, 2.05) is 0 Å². The van der Waals surface area contributed by atoms with Gasteiger partial charge in [-0.2, -0.15) is 0 Å². The summed E-state index contributed by atoms with van der Waals surface area (Å²) in [7, 11) is 2.65. The molecule has 0 unspecified atom stereocenters. The molecule has 1 atom stereocenters. The van der Waals surface area contributed by atoms with Crippen LogP contribution in [0.2, 0.25) is 0 Å². The number of benzene rings is 1. The number of nitrogens with one attached hydrogen (secondary N) is 1. The van der Waals surface area contributed by atoms with Crippen LogP contribution in [0.4, 0.5) is 5.69 Å². The number of hydrogen-bond donors (Lipinski definition) is 1. The van der Waals surface area contributed by atoms with E-state index in [9.17, 15) is 19.2 Å². The average molecular weight is 359 g/mol. The summed E-state index contributed by atoms with van der Waals surface area (Å²) in [4.78, 5) is 50.6. The maximum atomic E-state index is 13.1. The molecule has 1 N–H and O–H groups in total. The second-order valence-corrected chi connectivity index (χ2v) is 5.85. The molecule has 1 spiro atoms. The highest BCUT2D eigenvalue weighted by Crippen LogP contribution is 2.38. The predicted molar refractivity (Wildman–Crippen MR) is 88.6 cm³/mol. The van der Waals surface area contributed by atoms with E-state index in [1.165, 1.54) is 27.2 Å². The molecule has 0 bridgehead atoms. The number of methoxy groups -OCH3 is 2. The quantitative estimate of drug-likeness (QED) is 0.604. The van der Waals surface area contributed by atoms with Crippen molar-refractivity contribution in [3.63, 3.8) is 0 Å². The van der Waals surface area contributed by atoms with Crippen molar-refractivity contribution in [2.45, 2.75) is 18.9 Å². The Hall–Kier alpha value is -3.36. The molecule has 0 aromatic heterocycles. The van der Waals surface area contributed by atoms with E-state index >= 15 is 0 Å². The lowest BCUT2D eigenvalue weighted by atomic mass is 9.96. The fourth-order valence-electron chi connectivity index (χ4n) is 3.12. The van der Waals surface area contributed by atoms with Crippen molar-refractivity contribution < 1.29 is 28.7 Å². The van der Waals surface area contributed by atoms with Crippen LogP contribution in [0.15, 0.2) is 36.0 Å². The van der Waals surface area contributed by atoms with Crippen LogP contribution < -0.4 is 15.1 Å². The lowest BCUT2D eigenvalue weighted by molar-refractivity contribution is -0.143. The molecule has 9 nitrogen and oxygen atoms in total. The minimum Gasteiger partial charge on any atom is -0.497 e. The van der Waals surface area contributed by atoms with Gasteiger partial charge in [-0.1, -0.05) is 6.07 Å². The van der Waals surface area contributed by atoms with Crippen LogP contribution in [0, 0.1) is 0 Å². The van der Waals surface area contributed by atoms with Crippen molar-refractivity contribution in [3.05, 3.63) is 36.0 Å². The van der Waals surface area contributed by atoms with Crippen LogP contribution in [-0.2, 0) is 23.9 Å². The summed E-state index contributed by atoms with van der Waals surface area (Å²) >= 11 is 0. The van der Waals surface area contributed by atoms with Gasteiger partial charge in [0.1, 0.15) is 11.4 Å². The fraction of sp³-hybridized carbons (Fsp3) is 0.294. The van der Waals surface area contributed by atoms with Gasteiger partial charge in [-0.3, -0.25) is 19.8 Å². The van der Waals surface area contributed by atoms with Crippen LogP contribution >= 0.6 is 0 Å². The Morgan fingerprint density at radius 2 is 1.96 bits per heavy atom. The van der Waals surface area contributed by atoms with Gasteiger partial charge in [0, 0.05) is 13.0 Å². The number of carbonyl (C=O) groups is 4.